The molecule has 0 aliphatic rings. The molecule has 1 aromatic carbocycles. The lowest BCUT2D eigenvalue weighted by Crippen LogP contribution is -2.10. The molecule has 0 bridgehead atoms. The van der Waals surface area contributed by atoms with E-state index in [9.17, 15) is 10.1 Å². The molecule has 0 spiro atoms. The van der Waals surface area contributed by atoms with Crippen molar-refractivity contribution in [3.63, 3.8) is 0 Å². The average molecular weight is 257 g/mol. The number of rotatable bonds is 7. The van der Waals surface area contributed by atoms with Gasteiger partial charge in [0.25, 0.3) is 0 Å². The smallest absolute Gasteiger partial charge is 0.154 e. The third-order valence-corrected chi connectivity index (χ3v) is 3.41. The van der Waals surface area contributed by atoms with E-state index >= 15 is 0 Å². The molecule has 0 N–H and O–H groups in total. The molecule has 2 nitrogen and oxygen atoms in total. The number of carbonyl (C=O) groups is 1. The van der Waals surface area contributed by atoms with E-state index in [1.54, 1.807) is 0 Å². The fourth-order valence-corrected chi connectivity index (χ4v) is 2.10. The highest BCUT2D eigenvalue weighted by atomic mass is 16.1. The van der Waals surface area contributed by atoms with Crippen molar-refractivity contribution >= 4 is 5.78 Å². The Morgan fingerprint density at radius 3 is 2.21 bits per heavy atom. The second kappa shape index (κ2) is 7.74. The standard InChI is InChI=1S/C17H23NO/c1-4-5-6-7-17(19)16(12-18)15-10-8-14(9-11-15)13(2)3/h8-11,13,16H,4-7H2,1-3H3. The van der Waals surface area contributed by atoms with Crippen LogP contribution in [0.4, 0.5) is 0 Å². The number of Topliss-reactive ketones (excluding diaryl/α,β-unsaturated/α-hetero) is 1. The quantitative estimate of drug-likeness (QED) is 0.671. The summed E-state index contributed by atoms with van der Waals surface area (Å²) < 4.78 is 0. The fraction of sp³-hybridized carbons (Fsp3) is 0.529. The van der Waals surface area contributed by atoms with Gasteiger partial charge in [0.1, 0.15) is 5.92 Å². The molecule has 102 valence electrons. The second-order valence-corrected chi connectivity index (χ2v) is 5.31. The Kier molecular flexibility index (Phi) is 6.29. The van der Waals surface area contributed by atoms with Crippen LogP contribution < -0.4 is 0 Å². The highest BCUT2D eigenvalue weighted by molar-refractivity contribution is 5.88. The van der Waals surface area contributed by atoms with Crippen molar-refractivity contribution < 1.29 is 4.79 Å². The van der Waals surface area contributed by atoms with Crippen molar-refractivity contribution in [2.24, 2.45) is 0 Å². The van der Waals surface area contributed by atoms with Crippen LogP contribution in [0.1, 0.15) is 69.4 Å². The van der Waals surface area contributed by atoms with Gasteiger partial charge in [0.05, 0.1) is 6.07 Å². The molecule has 1 aromatic rings. The molecule has 1 atom stereocenters. The number of hydrogen-bond acceptors (Lipinski definition) is 2. The number of benzene rings is 1. The first-order chi connectivity index (χ1) is 9.10. The maximum Gasteiger partial charge on any atom is 0.154 e. The van der Waals surface area contributed by atoms with Gasteiger partial charge < -0.3 is 0 Å². The van der Waals surface area contributed by atoms with Gasteiger partial charge in [-0.15, -0.1) is 0 Å². The number of carbonyl (C=O) groups excluding carboxylic acids is 1. The Hall–Kier alpha value is -1.62. The molecule has 0 amide bonds. The highest BCUT2D eigenvalue weighted by Gasteiger charge is 2.19. The Labute approximate surface area is 116 Å². The molecule has 2 heteroatoms. The van der Waals surface area contributed by atoms with Gasteiger partial charge >= 0.3 is 0 Å². The van der Waals surface area contributed by atoms with E-state index in [0.29, 0.717) is 12.3 Å². The SMILES string of the molecule is CCCCCC(=O)C(C#N)c1ccc(C(C)C)cc1. The van der Waals surface area contributed by atoms with Gasteiger partial charge in [-0.1, -0.05) is 57.9 Å². The van der Waals surface area contributed by atoms with E-state index in [2.05, 4.69) is 26.8 Å². The van der Waals surface area contributed by atoms with Crippen LogP contribution in [0, 0.1) is 11.3 Å². The number of ketones is 1. The minimum atomic E-state index is -0.599. The number of hydrogen-bond donors (Lipinski definition) is 0. The first kappa shape index (κ1) is 15.4. The van der Waals surface area contributed by atoms with Crippen LogP contribution in [-0.4, -0.2) is 5.78 Å². The van der Waals surface area contributed by atoms with Gasteiger partial charge in [-0.3, -0.25) is 4.79 Å². The Balaban J connectivity index is 2.74. The van der Waals surface area contributed by atoms with E-state index < -0.39 is 5.92 Å². The summed E-state index contributed by atoms with van der Waals surface area (Å²) in [6, 6.07) is 10.0. The molecular formula is C17H23NO. The summed E-state index contributed by atoms with van der Waals surface area (Å²) in [6.07, 6.45) is 3.54. The first-order valence-electron chi connectivity index (χ1n) is 7.12. The topological polar surface area (TPSA) is 40.9 Å². The van der Waals surface area contributed by atoms with E-state index in [1.165, 1.54) is 5.56 Å². The zero-order valence-corrected chi connectivity index (χ0v) is 12.1. The maximum absolute atomic E-state index is 12.0. The van der Waals surface area contributed by atoms with Crippen molar-refractivity contribution in [2.45, 2.75) is 58.3 Å². The molecule has 0 heterocycles. The first-order valence-corrected chi connectivity index (χ1v) is 7.12. The fourth-order valence-electron chi connectivity index (χ4n) is 2.10. The summed E-state index contributed by atoms with van der Waals surface area (Å²) in [5.41, 5.74) is 2.06. The van der Waals surface area contributed by atoms with Gasteiger partial charge in [-0.05, 0) is 23.5 Å². The van der Waals surface area contributed by atoms with Crippen LogP contribution in [0.15, 0.2) is 24.3 Å². The van der Waals surface area contributed by atoms with Gasteiger partial charge in [-0.25, -0.2) is 0 Å². The van der Waals surface area contributed by atoms with E-state index in [-0.39, 0.29) is 5.78 Å². The number of unbranched alkanes of at least 4 members (excludes halogenated alkanes) is 2. The van der Waals surface area contributed by atoms with Gasteiger partial charge in [0, 0.05) is 6.42 Å². The highest BCUT2D eigenvalue weighted by Crippen LogP contribution is 2.22. The van der Waals surface area contributed by atoms with E-state index in [4.69, 9.17) is 0 Å². The number of nitriles is 1. The lowest BCUT2D eigenvalue weighted by molar-refractivity contribution is -0.119. The lowest BCUT2D eigenvalue weighted by Gasteiger charge is -2.10. The minimum absolute atomic E-state index is 0.0493. The van der Waals surface area contributed by atoms with Crippen molar-refractivity contribution in [2.75, 3.05) is 0 Å². The van der Waals surface area contributed by atoms with Crippen molar-refractivity contribution in [3.05, 3.63) is 35.4 Å². The summed E-state index contributed by atoms with van der Waals surface area (Å²) >= 11 is 0. The normalized spacial score (nSPS) is 12.2. The summed E-state index contributed by atoms with van der Waals surface area (Å²) in [7, 11) is 0. The van der Waals surface area contributed by atoms with Crippen LogP contribution in [0.25, 0.3) is 0 Å². The molecule has 0 radical (unpaired) electrons. The predicted octanol–water partition coefficient (Wildman–Crippen LogP) is 4.57. The molecule has 0 aliphatic heterocycles. The summed E-state index contributed by atoms with van der Waals surface area (Å²) in [5.74, 6) is -0.0823. The second-order valence-electron chi connectivity index (χ2n) is 5.31. The zero-order chi connectivity index (χ0) is 14.3. The summed E-state index contributed by atoms with van der Waals surface area (Å²) in [6.45, 7) is 6.37. The monoisotopic (exact) mass is 257 g/mol. The molecule has 0 saturated heterocycles. The van der Waals surface area contributed by atoms with Gasteiger partial charge in [0.15, 0.2) is 5.78 Å². The molecule has 0 aliphatic carbocycles. The lowest BCUT2D eigenvalue weighted by atomic mass is 9.91. The maximum atomic E-state index is 12.0. The number of nitrogens with zero attached hydrogens (tertiary/aromatic N) is 1. The molecule has 0 fully saturated rings. The van der Waals surface area contributed by atoms with Crippen molar-refractivity contribution in [1.82, 2.24) is 0 Å². The van der Waals surface area contributed by atoms with Crippen LogP contribution in [-0.2, 0) is 4.79 Å². The predicted molar refractivity (Wildman–Crippen MR) is 78.0 cm³/mol. The molecule has 1 unspecified atom stereocenters. The summed E-state index contributed by atoms with van der Waals surface area (Å²) in [4.78, 5) is 12.0. The van der Waals surface area contributed by atoms with Crippen molar-refractivity contribution in [1.29, 1.82) is 5.26 Å². The largest absolute Gasteiger partial charge is 0.298 e. The van der Waals surface area contributed by atoms with E-state index in [0.717, 1.165) is 24.8 Å². The third kappa shape index (κ3) is 4.52. The summed E-state index contributed by atoms with van der Waals surface area (Å²) in [5, 5.41) is 9.21. The van der Waals surface area contributed by atoms with Crippen LogP contribution >= 0.6 is 0 Å². The van der Waals surface area contributed by atoms with E-state index in [1.807, 2.05) is 24.3 Å². The molecule has 0 saturated carbocycles. The molecule has 0 aromatic heterocycles. The van der Waals surface area contributed by atoms with Crippen LogP contribution in [0.3, 0.4) is 0 Å². The minimum Gasteiger partial charge on any atom is -0.298 e. The third-order valence-electron chi connectivity index (χ3n) is 3.41. The average Bonchev–Trinajstić information content (AvgIpc) is 2.40. The van der Waals surface area contributed by atoms with Crippen LogP contribution in [0.5, 0.6) is 0 Å². The van der Waals surface area contributed by atoms with Gasteiger partial charge in [0.2, 0.25) is 0 Å². The zero-order valence-electron chi connectivity index (χ0n) is 12.1. The van der Waals surface area contributed by atoms with Crippen molar-refractivity contribution in [3.8, 4) is 6.07 Å². The Morgan fingerprint density at radius 1 is 1.16 bits per heavy atom. The molecule has 19 heavy (non-hydrogen) atoms. The molecule has 1 rings (SSSR count). The van der Waals surface area contributed by atoms with Gasteiger partial charge in [-0.2, -0.15) is 5.26 Å². The Bertz CT molecular complexity index is 439. The van der Waals surface area contributed by atoms with Crippen LogP contribution in [0.2, 0.25) is 0 Å². The Morgan fingerprint density at radius 2 is 1.74 bits per heavy atom. The molecular weight excluding hydrogens is 234 g/mol.